The lowest BCUT2D eigenvalue weighted by Gasteiger charge is -2.37. The van der Waals surface area contributed by atoms with Crippen LogP contribution in [0.3, 0.4) is 0 Å². The molecule has 2 aromatic rings. The van der Waals surface area contributed by atoms with Crippen LogP contribution < -0.4 is 14.8 Å². The van der Waals surface area contributed by atoms with Gasteiger partial charge in [-0.15, -0.1) is 0 Å². The van der Waals surface area contributed by atoms with Gasteiger partial charge in [0.2, 0.25) is 5.95 Å². The summed E-state index contributed by atoms with van der Waals surface area (Å²) in [5, 5.41) is 7.65. The minimum absolute atomic E-state index is 0.0933. The molecule has 1 aromatic heterocycles. The number of fused-ring (bicyclic) bond motifs is 1. The highest BCUT2D eigenvalue weighted by atomic mass is 16.5. The first-order chi connectivity index (χ1) is 16.3. The van der Waals surface area contributed by atoms with E-state index in [1.54, 1.807) is 11.8 Å². The van der Waals surface area contributed by atoms with Gasteiger partial charge in [0, 0.05) is 5.70 Å². The normalized spacial score (nSPS) is 24.4. The number of benzene rings is 1. The molecular formula is C26H36N4O4. The third-order valence-corrected chi connectivity index (χ3v) is 7.04. The van der Waals surface area contributed by atoms with Crippen LogP contribution in [0.2, 0.25) is 0 Å². The minimum atomic E-state index is -0.491. The number of methoxy groups -OCH3 is 1. The molecule has 184 valence electrons. The van der Waals surface area contributed by atoms with Crippen molar-refractivity contribution in [3.8, 4) is 11.5 Å². The van der Waals surface area contributed by atoms with Gasteiger partial charge in [-0.1, -0.05) is 33.3 Å². The SMILES string of the molecule is CCOc1ccc([C@@H]2C(C(=O)O[C@@H]3C[C@@H](C)CC[C@@H]3C(C)C)=C(C)Nc3ncnn32)cc1OC. The fourth-order valence-electron chi connectivity index (χ4n) is 5.24. The lowest BCUT2D eigenvalue weighted by Crippen LogP contribution is -2.38. The number of nitrogens with zero attached hydrogens (tertiary/aromatic N) is 3. The first kappa shape index (κ1) is 24.1. The maximum atomic E-state index is 13.8. The number of hydrogen-bond acceptors (Lipinski definition) is 7. The van der Waals surface area contributed by atoms with Gasteiger partial charge >= 0.3 is 5.97 Å². The molecule has 1 fully saturated rings. The number of carbonyl (C=O) groups is 1. The molecule has 8 heteroatoms. The van der Waals surface area contributed by atoms with Gasteiger partial charge in [-0.25, -0.2) is 9.48 Å². The highest BCUT2D eigenvalue weighted by Gasteiger charge is 2.39. The Kier molecular flexibility index (Phi) is 7.14. The second kappa shape index (κ2) is 10.1. The first-order valence-corrected chi connectivity index (χ1v) is 12.2. The molecule has 0 bridgehead atoms. The Morgan fingerprint density at radius 2 is 2.06 bits per heavy atom. The number of rotatable bonds is 7. The molecule has 1 N–H and O–H groups in total. The van der Waals surface area contributed by atoms with Crippen molar-refractivity contribution in [2.45, 2.75) is 66.0 Å². The van der Waals surface area contributed by atoms with Crippen LogP contribution in [0.5, 0.6) is 11.5 Å². The summed E-state index contributed by atoms with van der Waals surface area (Å²) in [7, 11) is 1.61. The highest BCUT2D eigenvalue weighted by Crippen LogP contribution is 2.41. The Balaban J connectivity index is 1.71. The van der Waals surface area contributed by atoms with Crippen LogP contribution in [-0.2, 0) is 9.53 Å². The fraction of sp³-hybridized carbons (Fsp3) is 0.577. The molecule has 0 spiro atoms. The zero-order valence-electron chi connectivity index (χ0n) is 21.0. The Labute approximate surface area is 201 Å². The standard InChI is InChI=1S/C26H36N4O4/c1-7-33-20-11-9-18(13-22(20)32-6)24-23(17(5)29-26-27-14-28-30(24)26)25(31)34-21-12-16(4)8-10-19(21)15(2)3/h9,11,13-16,19,21,24H,7-8,10,12H2,1-6H3,(H,27,28,29)/t16-,19+,21+,24+/m0/s1. The number of carbonyl (C=O) groups excluding carboxylic acids is 1. The number of allylic oxidation sites excluding steroid dienone is 1. The van der Waals surface area contributed by atoms with Crippen molar-refractivity contribution in [1.29, 1.82) is 0 Å². The number of hydrogen-bond donors (Lipinski definition) is 1. The molecular weight excluding hydrogens is 432 g/mol. The van der Waals surface area contributed by atoms with E-state index in [2.05, 4.69) is 36.2 Å². The zero-order valence-corrected chi connectivity index (χ0v) is 21.0. The number of esters is 1. The summed E-state index contributed by atoms with van der Waals surface area (Å²) < 4.78 is 19.2. The third kappa shape index (κ3) is 4.63. The molecule has 34 heavy (non-hydrogen) atoms. The van der Waals surface area contributed by atoms with Gasteiger partial charge in [0.15, 0.2) is 11.5 Å². The number of nitrogens with one attached hydrogen (secondary N) is 1. The van der Waals surface area contributed by atoms with E-state index in [1.165, 1.54) is 12.7 Å². The average Bonchev–Trinajstić information content (AvgIpc) is 3.26. The van der Waals surface area contributed by atoms with Gasteiger partial charge in [-0.3, -0.25) is 0 Å². The second-order valence-electron chi connectivity index (χ2n) is 9.71. The van der Waals surface area contributed by atoms with Gasteiger partial charge in [-0.05, 0) is 62.1 Å². The van der Waals surface area contributed by atoms with Gasteiger partial charge in [-0.2, -0.15) is 10.1 Å². The van der Waals surface area contributed by atoms with E-state index in [0.717, 1.165) is 18.4 Å². The minimum Gasteiger partial charge on any atom is -0.493 e. The Morgan fingerprint density at radius 3 is 2.76 bits per heavy atom. The number of anilines is 1. The van der Waals surface area contributed by atoms with E-state index in [-0.39, 0.29) is 12.1 Å². The van der Waals surface area contributed by atoms with E-state index >= 15 is 0 Å². The third-order valence-electron chi connectivity index (χ3n) is 7.04. The Bertz CT molecular complexity index is 1060. The summed E-state index contributed by atoms with van der Waals surface area (Å²) in [4.78, 5) is 18.1. The van der Waals surface area contributed by atoms with Crippen LogP contribution in [-0.4, -0.2) is 40.6 Å². The van der Waals surface area contributed by atoms with Crippen LogP contribution in [0.1, 0.15) is 65.5 Å². The molecule has 2 aliphatic rings. The summed E-state index contributed by atoms with van der Waals surface area (Å²) in [6.07, 6.45) is 4.55. The van der Waals surface area contributed by atoms with Crippen molar-refractivity contribution in [1.82, 2.24) is 14.8 Å². The molecule has 8 nitrogen and oxygen atoms in total. The number of ether oxygens (including phenoxy) is 3. The van der Waals surface area contributed by atoms with E-state index in [9.17, 15) is 4.79 Å². The quantitative estimate of drug-likeness (QED) is 0.574. The summed E-state index contributed by atoms with van der Waals surface area (Å²) in [5.74, 6) is 2.89. The van der Waals surface area contributed by atoms with Crippen molar-refractivity contribution in [3.05, 3.63) is 41.4 Å². The van der Waals surface area contributed by atoms with Crippen LogP contribution >= 0.6 is 0 Å². The second-order valence-corrected chi connectivity index (χ2v) is 9.71. The summed E-state index contributed by atoms with van der Waals surface area (Å²) in [6, 6.07) is 5.21. The van der Waals surface area contributed by atoms with Crippen molar-refractivity contribution in [2.24, 2.45) is 17.8 Å². The molecule has 2 heterocycles. The molecule has 4 atom stereocenters. The summed E-state index contributed by atoms with van der Waals surface area (Å²) in [5.41, 5.74) is 2.09. The predicted octanol–water partition coefficient (Wildman–Crippen LogP) is 4.98. The molecule has 0 radical (unpaired) electrons. The van der Waals surface area contributed by atoms with Gasteiger partial charge in [0.05, 0.1) is 19.3 Å². The van der Waals surface area contributed by atoms with Crippen LogP contribution in [0, 0.1) is 17.8 Å². The smallest absolute Gasteiger partial charge is 0.338 e. The van der Waals surface area contributed by atoms with Gasteiger partial charge < -0.3 is 19.5 Å². The van der Waals surface area contributed by atoms with Crippen LogP contribution in [0.4, 0.5) is 5.95 Å². The van der Waals surface area contributed by atoms with E-state index < -0.39 is 6.04 Å². The Hall–Kier alpha value is -3.03. The van der Waals surface area contributed by atoms with Gasteiger partial charge in [0.25, 0.3) is 0 Å². The molecule has 1 aliphatic heterocycles. The molecule has 4 rings (SSSR count). The fourth-order valence-corrected chi connectivity index (χ4v) is 5.24. The molecule has 1 aromatic carbocycles. The van der Waals surface area contributed by atoms with Crippen molar-refractivity contribution in [2.75, 3.05) is 19.0 Å². The number of aromatic nitrogens is 3. The highest BCUT2D eigenvalue weighted by molar-refractivity contribution is 5.92. The zero-order chi connectivity index (χ0) is 24.4. The van der Waals surface area contributed by atoms with Crippen molar-refractivity contribution >= 4 is 11.9 Å². The lowest BCUT2D eigenvalue weighted by molar-refractivity contribution is -0.151. The van der Waals surface area contributed by atoms with Crippen LogP contribution in [0.25, 0.3) is 0 Å². The summed E-state index contributed by atoms with van der Waals surface area (Å²) >= 11 is 0. The monoisotopic (exact) mass is 468 g/mol. The molecule has 0 amide bonds. The van der Waals surface area contributed by atoms with E-state index in [4.69, 9.17) is 14.2 Å². The summed E-state index contributed by atoms with van der Waals surface area (Å²) in [6.45, 7) is 11.0. The molecule has 1 aliphatic carbocycles. The maximum absolute atomic E-state index is 13.8. The Morgan fingerprint density at radius 1 is 1.26 bits per heavy atom. The maximum Gasteiger partial charge on any atom is 0.338 e. The first-order valence-electron chi connectivity index (χ1n) is 12.2. The van der Waals surface area contributed by atoms with Crippen LogP contribution in [0.15, 0.2) is 35.8 Å². The van der Waals surface area contributed by atoms with Gasteiger partial charge in [0.1, 0.15) is 18.5 Å². The molecule has 0 saturated heterocycles. The average molecular weight is 469 g/mol. The molecule has 0 unspecified atom stereocenters. The predicted molar refractivity (Wildman–Crippen MR) is 130 cm³/mol. The van der Waals surface area contributed by atoms with E-state index in [0.29, 0.717) is 53.1 Å². The van der Waals surface area contributed by atoms with Crippen molar-refractivity contribution < 1.29 is 19.0 Å². The topological polar surface area (TPSA) is 87.5 Å². The molecule has 1 saturated carbocycles. The van der Waals surface area contributed by atoms with Crippen molar-refractivity contribution in [3.63, 3.8) is 0 Å². The van der Waals surface area contributed by atoms with E-state index in [1.807, 2.05) is 32.0 Å². The largest absolute Gasteiger partial charge is 0.493 e. The lowest BCUT2D eigenvalue weighted by atomic mass is 9.75.